The third kappa shape index (κ3) is 5.51. The van der Waals surface area contributed by atoms with Gasteiger partial charge in [0.2, 0.25) is 5.95 Å². The fourth-order valence-electron chi connectivity index (χ4n) is 2.53. The quantitative estimate of drug-likeness (QED) is 0.678. The Labute approximate surface area is 149 Å². The van der Waals surface area contributed by atoms with Gasteiger partial charge >= 0.3 is 0 Å². The fourth-order valence-corrected chi connectivity index (χ4v) is 2.53. The zero-order chi connectivity index (χ0) is 17.4. The molecule has 24 heavy (non-hydrogen) atoms. The Bertz CT molecular complexity index is 615. The maximum atomic E-state index is 4.31. The van der Waals surface area contributed by atoms with Gasteiger partial charge in [-0.2, -0.15) is 10.1 Å². The smallest absolute Gasteiger partial charge is 0.224 e. The van der Waals surface area contributed by atoms with Gasteiger partial charge in [-0.15, -0.1) is 0 Å². The number of aromatic amines is 1. The molecule has 0 spiro atoms. The number of H-pyrrole nitrogens is 1. The van der Waals surface area contributed by atoms with E-state index in [2.05, 4.69) is 57.6 Å². The van der Waals surface area contributed by atoms with E-state index < -0.39 is 0 Å². The molecule has 0 amide bonds. The van der Waals surface area contributed by atoms with E-state index in [9.17, 15) is 0 Å². The summed E-state index contributed by atoms with van der Waals surface area (Å²) in [7, 11) is 1.80. The first-order chi connectivity index (χ1) is 11.6. The molecular weight excluding hydrogens is 300 g/mol. The van der Waals surface area contributed by atoms with Crippen LogP contribution < -0.4 is 10.6 Å². The highest BCUT2D eigenvalue weighted by Gasteiger charge is 2.19. The topological polar surface area (TPSA) is 78.5 Å². The molecular formula is C18H36N6. The van der Waals surface area contributed by atoms with Crippen molar-refractivity contribution in [2.24, 2.45) is 5.92 Å². The number of hydrogen-bond acceptors (Lipinski definition) is 5. The molecule has 0 radical (unpaired) electrons. The molecule has 2 aromatic rings. The lowest BCUT2D eigenvalue weighted by molar-refractivity contribution is 0.626. The largest absolute Gasteiger partial charge is 0.357 e. The minimum absolute atomic E-state index is 0. The first kappa shape index (κ1) is 18.2. The van der Waals surface area contributed by atoms with Gasteiger partial charge in [-0.05, 0) is 24.8 Å². The van der Waals surface area contributed by atoms with E-state index in [1.165, 1.54) is 37.8 Å². The zero-order valence-electron chi connectivity index (χ0n) is 15.3. The lowest BCUT2D eigenvalue weighted by Gasteiger charge is -2.04. The van der Waals surface area contributed by atoms with Crippen molar-refractivity contribution in [2.45, 2.75) is 58.8 Å². The Kier molecular flexibility index (Phi) is 7.03. The summed E-state index contributed by atoms with van der Waals surface area (Å²) in [6.45, 7) is 6.64. The van der Waals surface area contributed by atoms with Gasteiger partial charge < -0.3 is 10.6 Å². The van der Waals surface area contributed by atoms with Gasteiger partial charge in [0.1, 0.15) is 5.82 Å². The van der Waals surface area contributed by atoms with E-state index in [1.54, 1.807) is 13.2 Å². The number of anilines is 3. The Morgan fingerprint density at radius 2 is 2.00 bits per heavy atom. The molecule has 6 heteroatoms. The van der Waals surface area contributed by atoms with Crippen molar-refractivity contribution in [3.63, 3.8) is 0 Å². The van der Waals surface area contributed by atoms with Gasteiger partial charge in [-0.1, -0.05) is 40.0 Å². The van der Waals surface area contributed by atoms with Gasteiger partial charge in [0.05, 0.1) is 0 Å². The van der Waals surface area contributed by atoms with Crippen molar-refractivity contribution in [3.05, 3.63) is 24.0 Å². The van der Waals surface area contributed by atoms with Crippen molar-refractivity contribution >= 4 is 17.6 Å². The normalized spacial score (nSPS) is 14.4. The molecule has 3 rings (SSSR count). The molecule has 0 unspecified atom stereocenters. The highest BCUT2D eigenvalue weighted by Crippen LogP contribution is 2.33. The predicted octanol–water partition coefficient (Wildman–Crippen LogP) is 5.43. The molecule has 1 fully saturated rings. The predicted molar refractivity (Wildman–Crippen MR) is 106 cm³/mol. The molecule has 1 aliphatic rings. The minimum Gasteiger partial charge on any atom is -0.357 e. The van der Waals surface area contributed by atoms with E-state index >= 15 is 0 Å². The third-order valence-corrected chi connectivity index (χ3v) is 4.34. The second-order valence-corrected chi connectivity index (χ2v) is 6.63. The average molecular weight is 337 g/mol. The molecule has 1 aliphatic carbocycles. The highest BCUT2D eigenvalue weighted by molar-refractivity contribution is 5.53. The minimum atomic E-state index is 0. The summed E-state index contributed by atoms with van der Waals surface area (Å²) in [5.41, 5.74) is 1.22. The second-order valence-electron chi connectivity index (χ2n) is 6.63. The summed E-state index contributed by atoms with van der Waals surface area (Å²) in [5, 5.41) is 13.5. The third-order valence-electron chi connectivity index (χ3n) is 4.34. The van der Waals surface area contributed by atoms with Gasteiger partial charge in [-0.3, -0.25) is 5.10 Å². The molecule has 6 nitrogen and oxygen atoms in total. The summed E-state index contributed by atoms with van der Waals surface area (Å²) in [6, 6.07) is 3.90. The van der Waals surface area contributed by atoms with Crippen LogP contribution in [0, 0.1) is 5.92 Å². The Morgan fingerprint density at radius 3 is 2.62 bits per heavy atom. The SMILES string of the molecule is CCC(C)C.CNc1nccc(Nc2cc(C3CCCC3)[nH]n2)n1.[HH].[HH].[HH]. The van der Waals surface area contributed by atoms with Gasteiger partial charge in [-0.25, -0.2) is 4.98 Å². The summed E-state index contributed by atoms with van der Waals surface area (Å²) in [4.78, 5) is 8.38. The van der Waals surface area contributed by atoms with Crippen LogP contribution >= 0.6 is 0 Å². The summed E-state index contributed by atoms with van der Waals surface area (Å²) in [5.74, 6) is 3.67. The van der Waals surface area contributed by atoms with Crippen LogP contribution in [0.25, 0.3) is 0 Å². The molecule has 0 bridgehead atoms. The number of aromatic nitrogens is 4. The molecule has 138 valence electrons. The van der Waals surface area contributed by atoms with Crippen LogP contribution in [0.5, 0.6) is 0 Å². The number of hydrogen-bond donors (Lipinski definition) is 3. The lowest BCUT2D eigenvalue weighted by atomic mass is 10.0. The summed E-state index contributed by atoms with van der Waals surface area (Å²) >= 11 is 0. The maximum Gasteiger partial charge on any atom is 0.224 e. The molecule has 0 saturated heterocycles. The monoisotopic (exact) mass is 336 g/mol. The number of nitrogens with one attached hydrogen (secondary N) is 3. The van der Waals surface area contributed by atoms with E-state index in [0.717, 1.165) is 17.6 Å². The molecule has 2 heterocycles. The Hall–Kier alpha value is -2.11. The van der Waals surface area contributed by atoms with Crippen LogP contribution in [0.1, 0.15) is 68.8 Å². The first-order valence-electron chi connectivity index (χ1n) is 8.95. The number of nitrogens with zero attached hydrogens (tertiary/aromatic N) is 3. The van der Waals surface area contributed by atoms with Crippen LogP contribution in [0.15, 0.2) is 18.3 Å². The van der Waals surface area contributed by atoms with Crippen LogP contribution in [0.2, 0.25) is 0 Å². The van der Waals surface area contributed by atoms with Gasteiger partial charge in [0.15, 0.2) is 5.82 Å². The van der Waals surface area contributed by atoms with Crippen molar-refractivity contribution < 1.29 is 4.28 Å². The lowest BCUT2D eigenvalue weighted by Crippen LogP contribution is -1.99. The van der Waals surface area contributed by atoms with E-state index in [4.69, 9.17) is 0 Å². The van der Waals surface area contributed by atoms with Crippen LogP contribution in [0.4, 0.5) is 17.6 Å². The van der Waals surface area contributed by atoms with Crippen molar-refractivity contribution in [1.29, 1.82) is 0 Å². The summed E-state index contributed by atoms with van der Waals surface area (Å²) < 4.78 is 0. The Morgan fingerprint density at radius 1 is 1.29 bits per heavy atom. The molecule has 2 aromatic heterocycles. The molecule has 1 saturated carbocycles. The molecule has 0 aromatic carbocycles. The zero-order valence-corrected chi connectivity index (χ0v) is 15.3. The molecule has 3 N–H and O–H groups in total. The standard InChI is InChI=1S/C13H18N6.C5H12.3H2/c1-14-13-15-7-6-11(17-13)16-12-8-10(18-19-12)9-4-2-3-5-9;1-4-5(2)3;;;/h6-9H,2-5H2,1H3,(H3,14,15,16,17,18,19);5H,4H2,1-3H3;3*1H. The fraction of sp³-hybridized carbons (Fsp3) is 0.611. The second kappa shape index (κ2) is 9.25. The van der Waals surface area contributed by atoms with Crippen molar-refractivity contribution in [1.82, 2.24) is 20.2 Å². The average Bonchev–Trinajstić information content (AvgIpc) is 3.27. The number of rotatable bonds is 5. The molecule has 0 aliphatic heterocycles. The van der Waals surface area contributed by atoms with Crippen molar-refractivity contribution in [3.8, 4) is 0 Å². The van der Waals surface area contributed by atoms with E-state index in [-0.39, 0.29) is 4.28 Å². The molecule has 0 atom stereocenters. The van der Waals surface area contributed by atoms with Crippen LogP contribution in [0.3, 0.4) is 0 Å². The highest BCUT2D eigenvalue weighted by atomic mass is 15.2. The maximum absolute atomic E-state index is 4.31. The van der Waals surface area contributed by atoms with Gasteiger partial charge in [0.25, 0.3) is 0 Å². The summed E-state index contributed by atoms with van der Waals surface area (Å²) in [6.07, 6.45) is 8.19. The van der Waals surface area contributed by atoms with Crippen LogP contribution in [-0.4, -0.2) is 27.2 Å². The first-order valence-corrected chi connectivity index (χ1v) is 8.95. The van der Waals surface area contributed by atoms with E-state index in [0.29, 0.717) is 11.9 Å². The van der Waals surface area contributed by atoms with Crippen molar-refractivity contribution in [2.75, 3.05) is 17.7 Å². The van der Waals surface area contributed by atoms with Gasteiger partial charge in [0, 0.05) is 35.2 Å². The van der Waals surface area contributed by atoms with E-state index in [1.807, 2.05) is 6.07 Å². The van der Waals surface area contributed by atoms with Crippen LogP contribution in [-0.2, 0) is 0 Å². The Balaban J connectivity index is 0.